The molecule has 178 valence electrons. The van der Waals surface area contributed by atoms with Crippen molar-refractivity contribution in [3.63, 3.8) is 0 Å². The molecule has 1 aliphatic heterocycles. The Morgan fingerprint density at radius 2 is 1.79 bits per heavy atom. The molecular formula is C22H15F7N4O. The van der Waals surface area contributed by atoms with Crippen molar-refractivity contribution in [3.05, 3.63) is 76.6 Å². The van der Waals surface area contributed by atoms with E-state index in [0.717, 1.165) is 23.2 Å². The van der Waals surface area contributed by atoms with Crippen molar-refractivity contribution in [2.75, 3.05) is 16.8 Å². The van der Waals surface area contributed by atoms with Crippen molar-refractivity contribution in [1.29, 1.82) is 0 Å². The van der Waals surface area contributed by atoms with E-state index in [-0.39, 0.29) is 34.1 Å². The molecule has 1 unspecified atom stereocenters. The molecule has 0 N–H and O–H groups in total. The number of carbonyl (C=O) groups excluding carboxylic acids is 1. The van der Waals surface area contributed by atoms with Gasteiger partial charge in [-0.2, -0.15) is 13.2 Å². The summed E-state index contributed by atoms with van der Waals surface area (Å²) < 4.78 is 120. The molecule has 1 aromatic carbocycles. The first kappa shape index (κ1) is 19.7. The lowest BCUT2D eigenvalue weighted by Crippen LogP contribution is -2.45. The summed E-state index contributed by atoms with van der Waals surface area (Å²) in [4.78, 5) is 22.2. The quantitative estimate of drug-likeness (QED) is 0.382. The summed E-state index contributed by atoms with van der Waals surface area (Å²) in [5.74, 6) is -7.81. The molecule has 0 spiro atoms. The van der Waals surface area contributed by atoms with Crippen LogP contribution in [0.15, 0.2) is 36.5 Å². The second-order valence-corrected chi connectivity index (χ2v) is 7.47. The van der Waals surface area contributed by atoms with E-state index in [4.69, 9.17) is 4.11 Å². The molecule has 0 aliphatic carbocycles. The molecule has 1 aliphatic rings. The van der Waals surface area contributed by atoms with E-state index in [2.05, 4.69) is 9.97 Å². The molecule has 0 radical (unpaired) electrons. The minimum atomic E-state index is -4.82. The van der Waals surface area contributed by atoms with Gasteiger partial charge < -0.3 is 4.90 Å². The summed E-state index contributed by atoms with van der Waals surface area (Å²) in [7, 11) is 0. The lowest BCUT2D eigenvalue weighted by atomic mass is 10.1. The third-order valence-electron chi connectivity index (χ3n) is 5.11. The lowest BCUT2D eigenvalue weighted by molar-refractivity contribution is -0.137. The van der Waals surface area contributed by atoms with Gasteiger partial charge in [0.05, 0.1) is 17.4 Å². The fourth-order valence-corrected chi connectivity index (χ4v) is 3.64. The van der Waals surface area contributed by atoms with Gasteiger partial charge in [0.2, 0.25) is 5.91 Å². The average molecular weight is 487 g/mol. The van der Waals surface area contributed by atoms with Crippen LogP contribution < -0.4 is 9.80 Å². The normalized spacial score (nSPS) is 17.1. The van der Waals surface area contributed by atoms with Crippen LogP contribution in [0, 0.1) is 30.2 Å². The molecular weight excluding hydrogens is 469 g/mol. The second-order valence-electron chi connectivity index (χ2n) is 7.47. The highest BCUT2D eigenvalue weighted by Gasteiger charge is 2.41. The SMILES string of the molecule is [2H]C([2H])([2H])N(C(=O)C1Cc2cc(F)cnc2N1c1cc(C(F)(F)F)cc(C)n1)c1cc(F)c(F)cc1F. The fraction of sp³-hybridized carbons (Fsp3) is 0.227. The molecule has 3 heterocycles. The van der Waals surface area contributed by atoms with E-state index < -0.39 is 71.9 Å². The van der Waals surface area contributed by atoms with Crippen LogP contribution in [0.2, 0.25) is 0 Å². The summed E-state index contributed by atoms with van der Waals surface area (Å²) in [6, 6.07) is 0.776. The molecule has 34 heavy (non-hydrogen) atoms. The monoisotopic (exact) mass is 487 g/mol. The maximum absolute atomic E-state index is 14.6. The molecule has 2 aromatic heterocycles. The predicted molar refractivity (Wildman–Crippen MR) is 108 cm³/mol. The molecule has 0 bridgehead atoms. The van der Waals surface area contributed by atoms with Crippen molar-refractivity contribution in [2.24, 2.45) is 0 Å². The first-order valence-electron chi connectivity index (χ1n) is 11.1. The van der Waals surface area contributed by atoms with Crippen molar-refractivity contribution in [2.45, 2.75) is 25.6 Å². The van der Waals surface area contributed by atoms with Crippen LogP contribution in [0.5, 0.6) is 0 Å². The Labute approximate surface area is 192 Å². The number of aromatic nitrogens is 2. The Hall–Kier alpha value is -3.70. The summed E-state index contributed by atoms with van der Waals surface area (Å²) in [5.41, 5.74) is -2.37. The zero-order chi connectivity index (χ0) is 27.4. The van der Waals surface area contributed by atoms with Gasteiger partial charge in [0.25, 0.3) is 0 Å². The van der Waals surface area contributed by atoms with Crippen molar-refractivity contribution in [1.82, 2.24) is 9.97 Å². The van der Waals surface area contributed by atoms with Crippen molar-refractivity contribution >= 4 is 23.2 Å². The second kappa shape index (κ2) is 8.26. The van der Waals surface area contributed by atoms with Gasteiger partial charge in [-0.1, -0.05) is 0 Å². The van der Waals surface area contributed by atoms with Crippen LogP contribution in [0.1, 0.15) is 20.9 Å². The highest BCUT2D eigenvalue weighted by atomic mass is 19.4. The Balaban J connectivity index is 1.90. The Morgan fingerprint density at radius 3 is 2.47 bits per heavy atom. The minimum absolute atomic E-state index is 0.0199. The number of benzene rings is 1. The summed E-state index contributed by atoms with van der Waals surface area (Å²) in [5, 5.41) is 0. The summed E-state index contributed by atoms with van der Waals surface area (Å²) in [6.07, 6.45) is -4.55. The zero-order valence-electron chi connectivity index (χ0n) is 20.1. The number of likely N-dealkylation sites (N-methyl/N-ethyl adjacent to an activating group) is 1. The van der Waals surface area contributed by atoms with Crippen LogP contribution in [0.3, 0.4) is 0 Å². The van der Waals surface area contributed by atoms with Gasteiger partial charge in [-0.05, 0) is 25.1 Å². The van der Waals surface area contributed by atoms with Crippen molar-refractivity contribution < 1.29 is 39.6 Å². The number of aryl methyl sites for hydroxylation is 1. The number of carbonyl (C=O) groups is 1. The molecule has 4 rings (SSSR count). The number of pyridine rings is 2. The third-order valence-corrected chi connectivity index (χ3v) is 5.11. The van der Waals surface area contributed by atoms with Gasteiger partial charge in [-0.25, -0.2) is 27.5 Å². The Kier molecular flexibility index (Phi) is 4.80. The molecule has 1 atom stereocenters. The molecule has 1 amide bonds. The van der Waals surface area contributed by atoms with E-state index >= 15 is 0 Å². The highest BCUT2D eigenvalue weighted by Crippen LogP contribution is 2.40. The van der Waals surface area contributed by atoms with Gasteiger partial charge in [0, 0.05) is 40.9 Å². The van der Waals surface area contributed by atoms with Crippen LogP contribution in [0.25, 0.3) is 0 Å². The summed E-state index contributed by atoms with van der Waals surface area (Å²) >= 11 is 0. The minimum Gasteiger partial charge on any atom is -0.311 e. The molecule has 12 heteroatoms. The van der Waals surface area contributed by atoms with Crippen LogP contribution in [-0.2, 0) is 17.4 Å². The number of fused-ring (bicyclic) bond motifs is 1. The van der Waals surface area contributed by atoms with E-state index in [0.29, 0.717) is 6.07 Å². The first-order chi connectivity index (χ1) is 17.1. The number of nitrogens with zero attached hydrogens (tertiary/aromatic N) is 4. The third kappa shape index (κ3) is 4.15. The molecule has 5 nitrogen and oxygen atoms in total. The van der Waals surface area contributed by atoms with Gasteiger partial charge in [0.15, 0.2) is 11.6 Å². The Bertz CT molecular complexity index is 1400. The van der Waals surface area contributed by atoms with Crippen LogP contribution >= 0.6 is 0 Å². The summed E-state index contributed by atoms with van der Waals surface area (Å²) in [6.45, 7) is -2.20. The van der Waals surface area contributed by atoms with E-state index in [1.165, 1.54) is 6.92 Å². The van der Waals surface area contributed by atoms with Gasteiger partial charge >= 0.3 is 6.18 Å². The van der Waals surface area contributed by atoms with E-state index in [9.17, 15) is 35.5 Å². The largest absolute Gasteiger partial charge is 0.416 e. The Morgan fingerprint density at radius 1 is 1.09 bits per heavy atom. The number of rotatable bonds is 3. The maximum Gasteiger partial charge on any atom is 0.416 e. The molecule has 0 fully saturated rings. The predicted octanol–water partition coefficient (Wildman–Crippen LogP) is 5.09. The fourth-order valence-electron chi connectivity index (χ4n) is 3.64. The number of hydrogen-bond donors (Lipinski definition) is 0. The van der Waals surface area contributed by atoms with E-state index in [1.54, 1.807) is 0 Å². The van der Waals surface area contributed by atoms with Crippen LogP contribution in [0.4, 0.5) is 48.1 Å². The standard InChI is InChI=1S/C22H15F7N4O/c1-10-3-12(22(27,28)29)6-19(31-10)33-18(5-11-4-13(23)9-30-20(11)33)21(34)32(2)17-8-15(25)14(24)7-16(17)26/h3-4,6-9,18H,5H2,1-2H3/i2D3. The zero-order valence-corrected chi connectivity index (χ0v) is 17.1. The molecule has 3 aromatic rings. The number of anilines is 3. The highest BCUT2D eigenvalue weighted by molar-refractivity contribution is 6.01. The number of alkyl halides is 3. The smallest absolute Gasteiger partial charge is 0.311 e. The van der Waals surface area contributed by atoms with Crippen LogP contribution in [-0.4, -0.2) is 28.9 Å². The average Bonchev–Trinajstić information content (AvgIpc) is 3.14. The first-order valence-corrected chi connectivity index (χ1v) is 9.56. The number of hydrogen-bond acceptors (Lipinski definition) is 4. The number of halogens is 7. The van der Waals surface area contributed by atoms with Gasteiger partial charge in [0.1, 0.15) is 29.3 Å². The topological polar surface area (TPSA) is 49.3 Å². The van der Waals surface area contributed by atoms with Gasteiger partial charge in [-0.15, -0.1) is 0 Å². The van der Waals surface area contributed by atoms with E-state index in [1.807, 2.05) is 0 Å². The van der Waals surface area contributed by atoms with Gasteiger partial charge in [-0.3, -0.25) is 9.69 Å². The lowest BCUT2D eigenvalue weighted by Gasteiger charge is -2.29. The van der Waals surface area contributed by atoms with Crippen molar-refractivity contribution in [3.8, 4) is 0 Å². The maximum atomic E-state index is 14.6. The number of amides is 1. The molecule has 0 saturated carbocycles. The molecule has 0 saturated heterocycles.